The predicted molar refractivity (Wildman–Crippen MR) is 115 cm³/mol. The maximum absolute atomic E-state index is 14.7. The largest absolute Gasteiger partial charge is 0.336 e. The van der Waals surface area contributed by atoms with Crippen molar-refractivity contribution in [1.29, 1.82) is 0 Å². The van der Waals surface area contributed by atoms with Crippen LogP contribution in [0.4, 0.5) is 23.8 Å². The van der Waals surface area contributed by atoms with E-state index < -0.39 is 46.1 Å². The molecule has 11 heteroatoms. The highest BCUT2D eigenvalue weighted by Gasteiger charge is 2.25. The molecule has 3 heterocycles. The number of hydrogen-bond donors (Lipinski definition) is 2. The first-order valence-electron chi connectivity index (χ1n) is 9.97. The van der Waals surface area contributed by atoms with Crippen LogP contribution in [-0.4, -0.2) is 34.6 Å². The standard InChI is InChI=1S/C22H18F3N5O3/c1-3-11(2)27-21(32)14-10-30(18-15(24)8-12(23)9-16(18)25)20-13(19(14)31)4-5-17(28-20)29-7-6-26-22(29)33/h4-5,8-10H,2-3,6-7H2,1H3,(H,26,33)(H,27,32). The number of fused-ring (bicyclic) bond motifs is 1. The lowest BCUT2D eigenvalue weighted by molar-refractivity contribution is 0.0963. The third-order valence-corrected chi connectivity index (χ3v) is 5.15. The van der Waals surface area contributed by atoms with Gasteiger partial charge in [-0.05, 0) is 18.6 Å². The lowest BCUT2D eigenvalue weighted by atomic mass is 10.1. The SMILES string of the molecule is C=C(CC)NC(=O)c1cn(-c2c(F)cc(F)cc2F)c2nc(N3CCNC3=O)ccc2c1=O. The fourth-order valence-corrected chi connectivity index (χ4v) is 3.45. The van der Waals surface area contributed by atoms with E-state index in [4.69, 9.17) is 0 Å². The number of nitrogens with one attached hydrogen (secondary N) is 2. The molecule has 0 atom stereocenters. The van der Waals surface area contributed by atoms with Crippen LogP contribution in [0.2, 0.25) is 0 Å². The van der Waals surface area contributed by atoms with E-state index in [2.05, 4.69) is 22.2 Å². The number of benzene rings is 1. The van der Waals surface area contributed by atoms with Crippen molar-refractivity contribution in [3.05, 3.63) is 76.0 Å². The maximum atomic E-state index is 14.7. The van der Waals surface area contributed by atoms with Gasteiger partial charge in [0.15, 0.2) is 17.3 Å². The van der Waals surface area contributed by atoms with E-state index in [1.165, 1.54) is 17.0 Å². The van der Waals surface area contributed by atoms with Crippen LogP contribution < -0.4 is 21.0 Å². The Labute approximate surface area is 185 Å². The number of carbonyl (C=O) groups is 2. The molecular formula is C22H18F3N5O3. The molecule has 0 saturated carbocycles. The van der Waals surface area contributed by atoms with Crippen molar-refractivity contribution >= 4 is 28.8 Å². The molecule has 0 aliphatic carbocycles. The van der Waals surface area contributed by atoms with Crippen molar-refractivity contribution in [1.82, 2.24) is 20.2 Å². The molecule has 0 bridgehead atoms. The van der Waals surface area contributed by atoms with Crippen LogP contribution in [0.3, 0.4) is 0 Å². The zero-order chi connectivity index (χ0) is 23.9. The summed E-state index contributed by atoms with van der Waals surface area (Å²) in [7, 11) is 0. The minimum atomic E-state index is -1.27. The molecule has 0 radical (unpaired) electrons. The molecule has 2 N–H and O–H groups in total. The second kappa shape index (κ2) is 8.41. The number of halogens is 3. The minimum Gasteiger partial charge on any atom is -0.336 e. The lowest BCUT2D eigenvalue weighted by Gasteiger charge is -2.18. The number of anilines is 1. The van der Waals surface area contributed by atoms with Gasteiger partial charge in [0.1, 0.15) is 22.9 Å². The van der Waals surface area contributed by atoms with Crippen molar-refractivity contribution < 1.29 is 22.8 Å². The Morgan fingerprint density at radius 2 is 1.91 bits per heavy atom. The van der Waals surface area contributed by atoms with Crippen LogP contribution in [0, 0.1) is 17.5 Å². The van der Waals surface area contributed by atoms with Gasteiger partial charge in [-0.2, -0.15) is 0 Å². The third kappa shape index (κ3) is 3.93. The third-order valence-electron chi connectivity index (χ3n) is 5.15. The number of carbonyl (C=O) groups excluding carboxylic acids is 2. The molecule has 2 aromatic heterocycles. The summed E-state index contributed by atoms with van der Waals surface area (Å²) in [6.45, 7) is 6.05. The Morgan fingerprint density at radius 1 is 1.21 bits per heavy atom. The van der Waals surface area contributed by atoms with Gasteiger partial charge in [-0.1, -0.05) is 13.5 Å². The maximum Gasteiger partial charge on any atom is 0.323 e. The molecule has 1 aliphatic rings. The van der Waals surface area contributed by atoms with Gasteiger partial charge in [-0.25, -0.2) is 22.9 Å². The average molecular weight is 457 g/mol. The molecule has 0 spiro atoms. The Kier molecular flexibility index (Phi) is 5.62. The highest BCUT2D eigenvalue weighted by Crippen LogP contribution is 2.25. The number of allylic oxidation sites excluding steroid dienone is 1. The topological polar surface area (TPSA) is 96.3 Å². The summed E-state index contributed by atoms with van der Waals surface area (Å²) in [5.74, 6) is -4.38. The van der Waals surface area contributed by atoms with Crippen LogP contribution in [0.1, 0.15) is 23.7 Å². The summed E-state index contributed by atoms with van der Waals surface area (Å²) in [5, 5.41) is 4.93. The van der Waals surface area contributed by atoms with Gasteiger partial charge in [0.25, 0.3) is 5.91 Å². The Bertz CT molecular complexity index is 1360. The number of rotatable bonds is 5. The number of aromatic nitrogens is 2. The van der Waals surface area contributed by atoms with Crippen molar-refractivity contribution in [2.24, 2.45) is 0 Å². The van der Waals surface area contributed by atoms with Gasteiger partial charge in [0, 0.05) is 37.1 Å². The molecule has 1 fully saturated rings. The summed E-state index contributed by atoms with van der Waals surface area (Å²) in [6, 6.07) is 3.22. The summed E-state index contributed by atoms with van der Waals surface area (Å²) >= 11 is 0. The van der Waals surface area contributed by atoms with Crippen molar-refractivity contribution in [2.45, 2.75) is 13.3 Å². The first kappa shape index (κ1) is 22.1. The van der Waals surface area contributed by atoms with E-state index in [-0.39, 0.29) is 16.9 Å². The quantitative estimate of drug-likeness (QED) is 0.616. The highest BCUT2D eigenvalue weighted by atomic mass is 19.1. The molecule has 0 unspecified atom stereocenters. The number of amides is 3. The highest BCUT2D eigenvalue weighted by molar-refractivity contribution is 5.99. The van der Waals surface area contributed by atoms with E-state index in [1.54, 1.807) is 6.92 Å². The van der Waals surface area contributed by atoms with Crippen LogP contribution in [0.25, 0.3) is 16.7 Å². The van der Waals surface area contributed by atoms with Gasteiger partial charge in [-0.3, -0.25) is 19.1 Å². The predicted octanol–water partition coefficient (Wildman–Crippen LogP) is 2.99. The molecular weight excluding hydrogens is 439 g/mol. The smallest absolute Gasteiger partial charge is 0.323 e. The number of pyridine rings is 2. The molecule has 1 aromatic carbocycles. The first-order valence-corrected chi connectivity index (χ1v) is 9.97. The van der Waals surface area contributed by atoms with E-state index in [0.717, 1.165) is 10.8 Å². The Morgan fingerprint density at radius 3 is 2.52 bits per heavy atom. The van der Waals surface area contributed by atoms with Crippen LogP contribution in [0.5, 0.6) is 0 Å². The molecule has 4 rings (SSSR count). The van der Waals surface area contributed by atoms with Gasteiger partial charge in [0.2, 0.25) is 5.43 Å². The minimum absolute atomic E-state index is 0.128. The second-order valence-electron chi connectivity index (χ2n) is 7.30. The van der Waals surface area contributed by atoms with Crippen LogP contribution in [0.15, 0.2) is 47.5 Å². The Hall–Kier alpha value is -4.15. The van der Waals surface area contributed by atoms with E-state index in [9.17, 15) is 27.6 Å². The number of nitrogens with zero attached hydrogens (tertiary/aromatic N) is 3. The average Bonchev–Trinajstić information content (AvgIpc) is 3.19. The van der Waals surface area contributed by atoms with Crippen molar-refractivity contribution in [3.63, 3.8) is 0 Å². The second-order valence-corrected chi connectivity index (χ2v) is 7.30. The molecule has 170 valence electrons. The Balaban J connectivity index is 2.02. The molecule has 3 aromatic rings. The number of hydrogen-bond acceptors (Lipinski definition) is 4. The molecule has 1 saturated heterocycles. The zero-order valence-electron chi connectivity index (χ0n) is 17.4. The molecule has 1 aliphatic heterocycles. The van der Waals surface area contributed by atoms with Gasteiger partial charge in [0.05, 0.1) is 5.39 Å². The summed E-state index contributed by atoms with van der Waals surface area (Å²) in [4.78, 5) is 43.4. The van der Waals surface area contributed by atoms with E-state index >= 15 is 0 Å². The summed E-state index contributed by atoms with van der Waals surface area (Å²) in [6.07, 6.45) is 1.33. The van der Waals surface area contributed by atoms with Gasteiger partial charge in [-0.15, -0.1) is 0 Å². The van der Waals surface area contributed by atoms with Gasteiger partial charge >= 0.3 is 6.03 Å². The number of urea groups is 1. The molecule has 3 amide bonds. The monoisotopic (exact) mass is 457 g/mol. The molecule has 8 nitrogen and oxygen atoms in total. The summed E-state index contributed by atoms with van der Waals surface area (Å²) < 4.78 is 43.8. The van der Waals surface area contributed by atoms with E-state index in [1.807, 2.05) is 0 Å². The fraction of sp³-hybridized carbons (Fsp3) is 0.182. The van der Waals surface area contributed by atoms with Crippen molar-refractivity contribution in [2.75, 3.05) is 18.0 Å². The van der Waals surface area contributed by atoms with Crippen molar-refractivity contribution in [3.8, 4) is 5.69 Å². The normalized spacial score (nSPS) is 13.3. The zero-order valence-corrected chi connectivity index (χ0v) is 17.4. The van der Waals surface area contributed by atoms with Crippen LogP contribution in [-0.2, 0) is 0 Å². The fourth-order valence-electron chi connectivity index (χ4n) is 3.45. The van der Waals surface area contributed by atoms with Crippen LogP contribution >= 0.6 is 0 Å². The molecule has 33 heavy (non-hydrogen) atoms. The van der Waals surface area contributed by atoms with Gasteiger partial charge < -0.3 is 10.6 Å². The lowest BCUT2D eigenvalue weighted by Crippen LogP contribution is -2.30. The first-order chi connectivity index (χ1) is 15.7. The summed E-state index contributed by atoms with van der Waals surface area (Å²) in [5.41, 5.74) is -1.78. The van der Waals surface area contributed by atoms with E-state index in [0.29, 0.717) is 37.3 Å².